The van der Waals surface area contributed by atoms with E-state index in [0.29, 0.717) is 13.1 Å². The summed E-state index contributed by atoms with van der Waals surface area (Å²) in [4.78, 5) is 27.2. The van der Waals surface area contributed by atoms with Crippen LogP contribution in [0.15, 0.2) is 18.2 Å². The first-order valence-corrected chi connectivity index (χ1v) is 7.76. The molecule has 1 rings (SSSR count). The van der Waals surface area contributed by atoms with Crippen LogP contribution in [0.25, 0.3) is 0 Å². The highest BCUT2D eigenvalue weighted by Gasteiger charge is 2.18. The number of benzene rings is 1. The Kier molecular flexibility index (Phi) is 7.03. The number of nitrogens with one attached hydrogen (secondary N) is 2. The van der Waals surface area contributed by atoms with Gasteiger partial charge in [-0.25, -0.2) is 4.79 Å². The molecule has 6 heteroatoms. The summed E-state index contributed by atoms with van der Waals surface area (Å²) in [5.74, 6) is -0.0554. The number of nitrogens with zero attached hydrogens (tertiary/aromatic N) is 2. The summed E-state index contributed by atoms with van der Waals surface area (Å²) in [7, 11) is 5.26. The minimum Gasteiger partial charge on any atom is -0.337 e. The van der Waals surface area contributed by atoms with Crippen molar-refractivity contribution >= 4 is 17.6 Å². The molecule has 0 saturated carbocycles. The predicted octanol–water partition coefficient (Wildman–Crippen LogP) is 1.83. The second-order valence-corrected chi connectivity index (χ2v) is 6.09. The van der Waals surface area contributed by atoms with Crippen LogP contribution < -0.4 is 10.6 Å². The molecule has 0 saturated heterocycles. The number of anilines is 1. The maximum absolute atomic E-state index is 12.4. The van der Waals surface area contributed by atoms with Crippen LogP contribution >= 0.6 is 0 Å². The first-order chi connectivity index (χ1) is 10.7. The molecule has 0 aliphatic rings. The summed E-state index contributed by atoms with van der Waals surface area (Å²) in [6.07, 6.45) is 0. The highest BCUT2D eigenvalue weighted by Crippen LogP contribution is 2.16. The van der Waals surface area contributed by atoms with Crippen molar-refractivity contribution in [1.29, 1.82) is 0 Å². The van der Waals surface area contributed by atoms with E-state index >= 15 is 0 Å². The standard InChI is InChI=1S/C17H28N4O2/c1-12-7-8-13(2)15(11-12)19-16(22)14(3)21(6)10-9-18-17(23)20(4)5/h7-8,11,14H,9-10H2,1-6H3,(H,18,23)(H,19,22)/t14-/m1/s1. The van der Waals surface area contributed by atoms with E-state index in [2.05, 4.69) is 10.6 Å². The van der Waals surface area contributed by atoms with Crippen LogP contribution in [0.3, 0.4) is 0 Å². The number of hydrogen-bond acceptors (Lipinski definition) is 3. The van der Waals surface area contributed by atoms with Gasteiger partial charge in [0.25, 0.3) is 0 Å². The smallest absolute Gasteiger partial charge is 0.316 e. The molecule has 0 bridgehead atoms. The fourth-order valence-corrected chi connectivity index (χ4v) is 2.00. The number of hydrogen-bond donors (Lipinski definition) is 2. The van der Waals surface area contributed by atoms with Crippen LogP contribution in [0.1, 0.15) is 18.1 Å². The van der Waals surface area contributed by atoms with E-state index in [4.69, 9.17) is 0 Å². The molecule has 0 radical (unpaired) electrons. The summed E-state index contributed by atoms with van der Waals surface area (Å²) in [6, 6.07) is 5.57. The number of carbonyl (C=O) groups is 2. The minimum absolute atomic E-state index is 0.0554. The van der Waals surface area contributed by atoms with Crippen LogP contribution in [0.2, 0.25) is 0 Å². The van der Waals surface area contributed by atoms with E-state index in [1.165, 1.54) is 4.90 Å². The second-order valence-electron chi connectivity index (χ2n) is 6.09. The number of rotatable bonds is 6. The molecule has 0 fully saturated rings. The molecular formula is C17H28N4O2. The fraction of sp³-hybridized carbons (Fsp3) is 0.529. The molecule has 1 atom stereocenters. The van der Waals surface area contributed by atoms with Crippen molar-refractivity contribution in [3.63, 3.8) is 0 Å². The zero-order chi connectivity index (χ0) is 17.6. The van der Waals surface area contributed by atoms with Gasteiger partial charge in [0, 0.05) is 32.9 Å². The molecular weight excluding hydrogens is 292 g/mol. The summed E-state index contributed by atoms with van der Waals surface area (Å²) in [5, 5.41) is 5.76. The summed E-state index contributed by atoms with van der Waals surface area (Å²) >= 11 is 0. The van der Waals surface area contributed by atoms with Gasteiger partial charge in [0.2, 0.25) is 5.91 Å². The normalized spacial score (nSPS) is 12.0. The Bertz CT molecular complexity index is 558. The molecule has 0 unspecified atom stereocenters. The zero-order valence-corrected chi connectivity index (χ0v) is 14.9. The number of urea groups is 1. The van der Waals surface area contributed by atoms with Gasteiger partial charge in [-0.3, -0.25) is 9.69 Å². The third kappa shape index (κ3) is 5.90. The molecule has 0 aliphatic carbocycles. The van der Waals surface area contributed by atoms with Gasteiger partial charge in [-0.1, -0.05) is 12.1 Å². The fourth-order valence-electron chi connectivity index (χ4n) is 2.00. The number of amides is 3. The topological polar surface area (TPSA) is 64.7 Å². The average Bonchev–Trinajstić information content (AvgIpc) is 2.49. The number of aryl methyl sites for hydroxylation is 2. The summed E-state index contributed by atoms with van der Waals surface area (Å²) in [5.41, 5.74) is 2.99. The molecule has 0 heterocycles. The van der Waals surface area contributed by atoms with Gasteiger partial charge in [-0.15, -0.1) is 0 Å². The van der Waals surface area contributed by atoms with Gasteiger partial charge in [0.1, 0.15) is 0 Å². The lowest BCUT2D eigenvalue weighted by atomic mass is 10.1. The van der Waals surface area contributed by atoms with E-state index in [1.54, 1.807) is 14.1 Å². The van der Waals surface area contributed by atoms with Gasteiger partial charge < -0.3 is 15.5 Å². The van der Waals surface area contributed by atoms with E-state index < -0.39 is 0 Å². The Morgan fingerprint density at radius 1 is 1.17 bits per heavy atom. The molecule has 2 N–H and O–H groups in total. The van der Waals surface area contributed by atoms with Crippen LogP contribution in [-0.4, -0.2) is 62.0 Å². The molecule has 0 spiro atoms. The van der Waals surface area contributed by atoms with Crippen LogP contribution in [0, 0.1) is 13.8 Å². The van der Waals surface area contributed by atoms with Gasteiger partial charge in [-0.05, 0) is 45.0 Å². The molecule has 1 aromatic carbocycles. The van der Waals surface area contributed by atoms with Gasteiger partial charge in [0.05, 0.1) is 6.04 Å². The van der Waals surface area contributed by atoms with Crippen molar-refractivity contribution in [2.45, 2.75) is 26.8 Å². The Morgan fingerprint density at radius 2 is 1.83 bits per heavy atom. The van der Waals surface area contributed by atoms with Crippen molar-refractivity contribution in [3.8, 4) is 0 Å². The van der Waals surface area contributed by atoms with Gasteiger partial charge >= 0.3 is 6.03 Å². The predicted molar refractivity (Wildman–Crippen MR) is 93.7 cm³/mol. The monoisotopic (exact) mass is 320 g/mol. The van der Waals surface area contributed by atoms with E-state index in [1.807, 2.05) is 50.9 Å². The molecule has 0 aliphatic heterocycles. The molecule has 128 valence electrons. The summed E-state index contributed by atoms with van der Waals surface area (Å²) < 4.78 is 0. The van der Waals surface area contributed by atoms with E-state index in [9.17, 15) is 9.59 Å². The molecule has 1 aromatic rings. The zero-order valence-electron chi connectivity index (χ0n) is 14.9. The van der Waals surface area contributed by atoms with Crippen molar-refractivity contribution in [3.05, 3.63) is 29.3 Å². The van der Waals surface area contributed by atoms with Crippen LogP contribution in [0.5, 0.6) is 0 Å². The minimum atomic E-state index is -0.286. The Balaban J connectivity index is 2.52. The highest BCUT2D eigenvalue weighted by atomic mass is 16.2. The van der Waals surface area contributed by atoms with E-state index in [0.717, 1.165) is 16.8 Å². The van der Waals surface area contributed by atoms with Crippen molar-refractivity contribution in [2.24, 2.45) is 0 Å². The van der Waals surface area contributed by atoms with Crippen molar-refractivity contribution in [2.75, 3.05) is 39.5 Å². The Labute approximate surface area is 138 Å². The maximum Gasteiger partial charge on any atom is 0.316 e. The van der Waals surface area contributed by atoms with Gasteiger partial charge in [-0.2, -0.15) is 0 Å². The molecule has 0 aromatic heterocycles. The number of carbonyl (C=O) groups excluding carboxylic acids is 2. The third-order valence-electron chi connectivity index (χ3n) is 3.84. The second kappa shape index (κ2) is 8.53. The Hall–Kier alpha value is -2.08. The van der Waals surface area contributed by atoms with Crippen molar-refractivity contribution < 1.29 is 9.59 Å². The Morgan fingerprint density at radius 3 is 2.43 bits per heavy atom. The molecule has 3 amide bonds. The first kappa shape index (κ1) is 19.0. The largest absolute Gasteiger partial charge is 0.337 e. The van der Waals surface area contributed by atoms with E-state index in [-0.39, 0.29) is 18.0 Å². The average molecular weight is 320 g/mol. The van der Waals surface area contributed by atoms with Crippen LogP contribution in [-0.2, 0) is 4.79 Å². The highest BCUT2D eigenvalue weighted by molar-refractivity contribution is 5.95. The van der Waals surface area contributed by atoms with Gasteiger partial charge in [0.15, 0.2) is 0 Å². The lowest BCUT2D eigenvalue weighted by Gasteiger charge is -2.24. The third-order valence-corrected chi connectivity index (χ3v) is 3.84. The number of likely N-dealkylation sites (N-methyl/N-ethyl adjacent to an activating group) is 1. The first-order valence-electron chi connectivity index (χ1n) is 7.76. The molecule has 6 nitrogen and oxygen atoms in total. The lowest BCUT2D eigenvalue weighted by Crippen LogP contribution is -2.44. The van der Waals surface area contributed by atoms with Crippen LogP contribution in [0.4, 0.5) is 10.5 Å². The lowest BCUT2D eigenvalue weighted by molar-refractivity contribution is -0.120. The maximum atomic E-state index is 12.4. The quantitative estimate of drug-likeness (QED) is 0.840. The molecule has 23 heavy (non-hydrogen) atoms. The summed E-state index contributed by atoms with van der Waals surface area (Å²) in [6.45, 7) is 6.92. The van der Waals surface area contributed by atoms with Crippen molar-refractivity contribution in [1.82, 2.24) is 15.1 Å². The SMILES string of the molecule is Cc1ccc(C)c(NC(=O)[C@@H](C)N(C)CCNC(=O)N(C)C)c1.